The number of anilines is 2. The molecule has 5 heteroatoms. The van der Waals surface area contributed by atoms with Crippen LogP contribution in [-0.4, -0.2) is 55.1 Å². The highest BCUT2D eigenvalue weighted by molar-refractivity contribution is 5.48. The predicted octanol–water partition coefficient (Wildman–Crippen LogP) is 2.08. The highest BCUT2D eigenvalue weighted by atomic mass is 15.2. The smallest absolute Gasteiger partial charge is 0.134 e. The van der Waals surface area contributed by atoms with Crippen LogP contribution >= 0.6 is 0 Å². The van der Waals surface area contributed by atoms with Gasteiger partial charge in [-0.05, 0) is 39.3 Å². The monoisotopic (exact) mass is 277 g/mol. The summed E-state index contributed by atoms with van der Waals surface area (Å²) in [4.78, 5) is 13.4. The summed E-state index contributed by atoms with van der Waals surface area (Å²) in [5.41, 5.74) is 0. The lowest BCUT2D eigenvalue weighted by molar-refractivity contribution is 0.284. The third kappa shape index (κ3) is 4.34. The van der Waals surface area contributed by atoms with Crippen molar-refractivity contribution in [2.45, 2.75) is 26.2 Å². The molecule has 112 valence electrons. The molecule has 1 aromatic heterocycles. The second-order valence-corrected chi connectivity index (χ2v) is 5.88. The molecule has 0 bridgehead atoms. The number of hydrogen-bond acceptors (Lipinski definition) is 5. The molecule has 0 unspecified atom stereocenters. The van der Waals surface area contributed by atoms with Crippen LogP contribution in [0, 0.1) is 5.92 Å². The molecule has 1 aliphatic rings. The van der Waals surface area contributed by atoms with E-state index in [1.54, 1.807) is 6.33 Å². The second kappa shape index (κ2) is 7.43. The Bertz CT molecular complexity index is 399. The molecule has 2 heterocycles. The lowest BCUT2D eigenvalue weighted by atomic mass is 9.96. The highest BCUT2D eigenvalue weighted by Gasteiger charge is 2.20. The first-order valence-corrected chi connectivity index (χ1v) is 7.64. The Labute approximate surface area is 122 Å². The summed E-state index contributed by atoms with van der Waals surface area (Å²) in [6.45, 7) is 6.51. The minimum absolute atomic E-state index is 0.820. The Kier molecular flexibility index (Phi) is 5.59. The number of nitrogens with zero attached hydrogens (tertiary/aromatic N) is 4. The van der Waals surface area contributed by atoms with Crippen LogP contribution in [0.2, 0.25) is 0 Å². The molecule has 0 aliphatic carbocycles. The molecular weight excluding hydrogens is 250 g/mol. The molecule has 2 rings (SSSR count). The van der Waals surface area contributed by atoms with E-state index in [-0.39, 0.29) is 0 Å². The normalized spacial score (nSPS) is 16.7. The summed E-state index contributed by atoms with van der Waals surface area (Å²) in [6.07, 6.45) is 5.27. The summed E-state index contributed by atoms with van der Waals surface area (Å²) in [5.74, 6) is 2.81. The van der Waals surface area contributed by atoms with E-state index in [4.69, 9.17) is 0 Å². The van der Waals surface area contributed by atoms with Gasteiger partial charge in [-0.15, -0.1) is 0 Å². The van der Waals surface area contributed by atoms with Crippen LogP contribution < -0.4 is 10.2 Å². The summed E-state index contributed by atoms with van der Waals surface area (Å²) in [5, 5.41) is 3.32. The van der Waals surface area contributed by atoms with Crippen molar-refractivity contribution in [2.24, 2.45) is 5.92 Å². The lowest BCUT2D eigenvalue weighted by Crippen LogP contribution is -2.37. The molecule has 0 saturated carbocycles. The number of rotatable bonds is 6. The number of hydrogen-bond donors (Lipinski definition) is 1. The van der Waals surface area contributed by atoms with E-state index in [1.165, 1.54) is 19.4 Å². The van der Waals surface area contributed by atoms with Gasteiger partial charge in [-0.25, -0.2) is 9.97 Å². The zero-order valence-corrected chi connectivity index (χ0v) is 13.0. The van der Waals surface area contributed by atoms with Crippen molar-refractivity contribution in [3.8, 4) is 0 Å². The van der Waals surface area contributed by atoms with Gasteiger partial charge in [0.2, 0.25) is 0 Å². The van der Waals surface area contributed by atoms with E-state index in [0.29, 0.717) is 0 Å². The Balaban J connectivity index is 1.89. The van der Waals surface area contributed by atoms with Crippen LogP contribution in [0.4, 0.5) is 11.6 Å². The molecule has 1 aromatic rings. The topological polar surface area (TPSA) is 44.3 Å². The van der Waals surface area contributed by atoms with Gasteiger partial charge in [-0.3, -0.25) is 0 Å². The van der Waals surface area contributed by atoms with Crippen LogP contribution in [0.3, 0.4) is 0 Å². The molecule has 1 saturated heterocycles. The molecule has 0 amide bonds. The first-order valence-electron chi connectivity index (χ1n) is 7.64. The fraction of sp³-hybridized carbons (Fsp3) is 0.733. The standard InChI is InChI=1S/C15H27N5/c1-4-7-16-14-10-15(18-12-17-14)20-8-5-13(6-9-20)11-19(2)3/h10,12-13H,4-9,11H2,1-3H3,(H,16,17,18). The van der Waals surface area contributed by atoms with Gasteiger partial charge in [0.1, 0.15) is 18.0 Å². The molecule has 0 aromatic carbocycles. The molecule has 0 atom stereocenters. The van der Waals surface area contributed by atoms with Gasteiger partial charge in [-0.1, -0.05) is 6.92 Å². The Morgan fingerprint density at radius 3 is 2.70 bits per heavy atom. The first-order chi connectivity index (χ1) is 9.69. The molecule has 0 radical (unpaired) electrons. The zero-order chi connectivity index (χ0) is 14.4. The zero-order valence-electron chi connectivity index (χ0n) is 13.0. The molecule has 1 aliphatic heterocycles. The molecule has 1 N–H and O–H groups in total. The Morgan fingerprint density at radius 1 is 1.30 bits per heavy atom. The van der Waals surface area contributed by atoms with Gasteiger partial charge in [0.05, 0.1) is 0 Å². The number of nitrogens with one attached hydrogen (secondary N) is 1. The maximum atomic E-state index is 4.42. The SMILES string of the molecule is CCCNc1cc(N2CCC(CN(C)C)CC2)ncn1. The maximum Gasteiger partial charge on any atom is 0.134 e. The Hall–Kier alpha value is -1.36. The number of aromatic nitrogens is 2. The average molecular weight is 277 g/mol. The quantitative estimate of drug-likeness (QED) is 0.862. The maximum absolute atomic E-state index is 4.42. The fourth-order valence-corrected chi connectivity index (χ4v) is 2.73. The van der Waals surface area contributed by atoms with Gasteiger partial charge >= 0.3 is 0 Å². The molecule has 20 heavy (non-hydrogen) atoms. The van der Waals surface area contributed by atoms with Gasteiger partial charge in [0.25, 0.3) is 0 Å². The lowest BCUT2D eigenvalue weighted by Gasteiger charge is -2.34. The highest BCUT2D eigenvalue weighted by Crippen LogP contribution is 2.23. The van der Waals surface area contributed by atoms with Gasteiger partial charge in [-0.2, -0.15) is 0 Å². The molecule has 5 nitrogen and oxygen atoms in total. The van der Waals surface area contributed by atoms with Crippen molar-refractivity contribution in [3.05, 3.63) is 12.4 Å². The van der Waals surface area contributed by atoms with Crippen LogP contribution in [-0.2, 0) is 0 Å². The van der Waals surface area contributed by atoms with Crippen molar-refractivity contribution >= 4 is 11.6 Å². The van der Waals surface area contributed by atoms with E-state index in [0.717, 1.165) is 43.6 Å². The van der Waals surface area contributed by atoms with Crippen LogP contribution in [0.5, 0.6) is 0 Å². The Morgan fingerprint density at radius 2 is 2.05 bits per heavy atom. The van der Waals surface area contributed by atoms with E-state index < -0.39 is 0 Å². The second-order valence-electron chi connectivity index (χ2n) is 5.88. The van der Waals surface area contributed by atoms with Crippen LogP contribution in [0.1, 0.15) is 26.2 Å². The van der Waals surface area contributed by atoms with E-state index >= 15 is 0 Å². The average Bonchev–Trinajstić information content (AvgIpc) is 2.45. The molecule has 1 fully saturated rings. The van der Waals surface area contributed by atoms with Crippen molar-refractivity contribution in [1.82, 2.24) is 14.9 Å². The summed E-state index contributed by atoms with van der Waals surface area (Å²) >= 11 is 0. The minimum atomic E-state index is 0.820. The van der Waals surface area contributed by atoms with Crippen molar-refractivity contribution in [3.63, 3.8) is 0 Å². The van der Waals surface area contributed by atoms with Gasteiger partial charge in [0, 0.05) is 32.2 Å². The van der Waals surface area contributed by atoms with Crippen molar-refractivity contribution in [1.29, 1.82) is 0 Å². The predicted molar refractivity (Wildman–Crippen MR) is 84.3 cm³/mol. The largest absolute Gasteiger partial charge is 0.370 e. The third-order valence-electron chi connectivity index (χ3n) is 3.77. The molecule has 0 spiro atoms. The van der Waals surface area contributed by atoms with Crippen molar-refractivity contribution in [2.75, 3.05) is 50.5 Å². The van der Waals surface area contributed by atoms with E-state index in [9.17, 15) is 0 Å². The first kappa shape index (κ1) is 15.0. The van der Waals surface area contributed by atoms with Crippen LogP contribution in [0.25, 0.3) is 0 Å². The third-order valence-corrected chi connectivity index (χ3v) is 3.77. The van der Waals surface area contributed by atoms with Gasteiger partial charge < -0.3 is 15.1 Å². The number of piperidine rings is 1. The van der Waals surface area contributed by atoms with E-state index in [1.807, 2.05) is 0 Å². The summed E-state index contributed by atoms with van der Waals surface area (Å²) < 4.78 is 0. The summed E-state index contributed by atoms with van der Waals surface area (Å²) in [7, 11) is 4.31. The van der Waals surface area contributed by atoms with Crippen LogP contribution in [0.15, 0.2) is 12.4 Å². The fourth-order valence-electron chi connectivity index (χ4n) is 2.73. The minimum Gasteiger partial charge on any atom is -0.370 e. The summed E-state index contributed by atoms with van der Waals surface area (Å²) in [6, 6.07) is 2.07. The molecular formula is C15H27N5. The van der Waals surface area contributed by atoms with Crippen molar-refractivity contribution < 1.29 is 0 Å². The van der Waals surface area contributed by atoms with E-state index in [2.05, 4.69) is 52.2 Å². The van der Waals surface area contributed by atoms with Gasteiger partial charge in [0.15, 0.2) is 0 Å².